The van der Waals surface area contributed by atoms with Crippen LogP contribution in [0.15, 0.2) is 48.5 Å². The van der Waals surface area contributed by atoms with Crippen molar-refractivity contribution in [3.63, 3.8) is 0 Å². The number of aliphatic hydroxyl groups is 1. The molecule has 1 N–H and O–H groups in total. The summed E-state index contributed by atoms with van der Waals surface area (Å²) < 4.78 is 5.79. The van der Waals surface area contributed by atoms with Crippen LogP contribution in [0.5, 0.6) is 5.75 Å². The molecular weight excluding hydrogens is 260 g/mol. The minimum Gasteiger partial charge on any atom is -0.490 e. The molecule has 0 amide bonds. The zero-order valence-electron chi connectivity index (χ0n) is 12.6. The predicted octanol–water partition coefficient (Wildman–Crippen LogP) is 4.43. The van der Waals surface area contributed by atoms with Crippen LogP contribution in [0.1, 0.15) is 55.4 Å². The maximum atomic E-state index is 10.5. The van der Waals surface area contributed by atoms with Crippen molar-refractivity contribution in [1.29, 1.82) is 0 Å². The highest BCUT2D eigenvalue weighted by Crippen LogP contribution is 2.30. The van der Waals surface area contributed by atoms with Gasteiger partial charge in [-0.1, -0.05) is 50.2 Å². The van der Waals surface area contributed by atoms with Gasteiger partial charge in [-0.25, -0.2) is 0 Å². The van der Waals surface area contributed by atoms with Crippen LogP contribution in [0.2, 0.25) is 0 Å². The summed E-state index contributed by atoms with van der Waals surface area (Å²) in [6.07, 6.45) is 2.06. The molecule has 0 radical (unpaired) electrons. The Bertz CT molecular complexity index is 597. The second-order valence-corrected chi connectivity index (χ2v) is 6.11. The van der Waals surface area contributed by atoms with E-state index in [1.54, 1.807) is 0 Å². The zero-order chi connectivity index (χ0) is 14.8. The Morgan fingerprint density at radius 1 is 0.952 bits per heavy atom. The molecule has 0 saturated heterocycles. The highest BCUT2D eigenvalue weighted by atomic mass is 16.5. The second kappa shape index (κ2) is 5.90. The summed E-state index contributed by atoms with van der Waals surface area (Å²) in [5.41, 5.74) is 3.09. The third-order valence-corrected chi connectivity index (χ3v) is 3.92. The molecule has 1 aliphatic rings. The first-order valence-electron chi connectivity index (χ1n) is 7.68. The summed E-state index contributed by atoms with van der Waals surface area (Å²) >= 11 is 0. The van der Waals surface area contributed by atoms with Crippen molar-refractivity contribution >= 4 is 0 Å². The molecule has 0 spiro atoms. The lowest BCUT2D eigenvalue weighted by atomic mass is 9.97. The largest absolute Gasteiger partial charge is 0.490 e. The first-order chi connectivity index (χ1) is 10.1. The standard InChI is InChI=1S/C19H22O2/c1-13(2)14-6-8-15(9-7-14)19(20)16-4-3-5-18(12-16)21-17-10-11-17/h3-9,12-13,17,19-20H,10-11H2,1-2H3. The lowest BCUT2D eigenvalue weighted by Gasteiger charge is -2.14. The molecule has 1 fully saturated rings. The number of aliphatic hydroxyl groups excluding tert-OH is 1. The lowest BCUT2D eigenvalue weighted by molar-refractivity contribution is 0.219. The van der Waals surface area contributed by atoms with Gasteiger partial charge in [0.1, 0.15) is 11.9 Å². The molecule has 0 aliphatic heterocycles. The molecule has 110 valence electrons. The molecule has 0 heterocycles. The number of rotatable bonds is 5. The number of benzene rings is 2. The van der Waals surface area contributed by atoms with E-state index < -0.39 is 6.10 Å². The van der Waals surface area contributed by atoms with Gasteiger partial charge in [0.05, 0.1) is 6.10 Å². The van der Waals surface area contributed by atoms with Gasteiger partial charge in [0.15, 0.2) is 0 Å². The van der Waals surface area contributed by atoms with Gasteiger partial charge in [0, 0.05) is 0 Å². The van der Waals surface area contributed by atoms with Crippen molar-refractivity contribution in [2.45, 2.75) is 44.8 Å². The van der Waals surface area contributed by atoms with Crippen LogP contribution < -0.4 is 4.74 Å². The molecule has 1 aliphatic carbocycles. The molecule has 0 bridgehead atoms. The lowest BCUT2D eigenvalue weighted by Crippen LogP contribution is -2.02. The highest BCUT2D eigenvalue weighted by molar-refractivity contribution is 5.36. The summed E-state index contributed by atoms with van der Waals surface area (Å²) in [6.45, 7) is 4.34. The average molecular weight is 282 g/mol. The molecule has 21 heavy (non-hydrogen) atoms. The van der Waals surface area contributed by atoms with Crippen molar-refractivity contribution in [3.05, 3.63) is 65.2 Å². The van der Waals surface area contributed by atoms with Crippen LogP contribution >= 0.6 is 0 Å². The van der Waals surface area contributed by atoms with Gasteiger partial charge in [0.2, 0.25) is 0 Å². The first kappa shape index (κ1) is 14.2. The Hall–Kier alpha value is -1.80. The van der Waals surface area contributed by atoms with E-state index in [1.807, 2.05) is 36.4 Å². The molecule has 1 unspecified atom stereocenters. The van der Waals surface area contributed by atoms with E-state index in [0.29, 0.717) is 12.0 Å². The van der Waals surface area contributed by atoms with E-state index in [9.17, 15) is 5.11 Å². The van der Waals surface area contributed by atoms with E-state index in [-0.39, 0.29) is 0 Å². The van der Waals surface area contributed by atoms with Gasteiger partial charge in [-0.3, -0.25) is 0 Å². The van der Waals surface area contributed by atoms with E-state index in [2.05, 4.69) is 26.0 Å². The molecule has 1 atom stereocenters. The zero-order valence-corrected chi connectivity index (χ0v) is 12.6. The van der Waals surface area contributed by atoms with E-state index in [0.717, 1.165) is 29.7 Å². The van der Waals surface area contributed by atoms with E-state index in [1.165, 1.54) is 5.56 Å². The van der Waals surface area contributed by atoms with Crippen LogP contribution in [-0.4, -0.2) is 11.2 Å². The summed E-state index contributed by atoms with van der Waals surface area (Å²) in [4.78, 5) is 0. The first-order valence-corrected chi connectivity index (χ1v) is 7.68. The van der Waals surface area contributed by atoms with Crippen LogP contribution in [0.25, 0.3) is 0 Å². The minimum atomic E-state index is -0.603. The molecule has 2 aromatic rings. The molecular formula is C19H22O2. The molecule has 3 rings (SSSR count). The fourth-order valence-electron chi connectivity index (χ4n) is 2.39. The van der Waals surface area contributed by atoms with Crippen LogP contribution in [0, 0.1) is 0 Å². The molecule has 0 aromatic heterocycles. The molecule has 1 saturated carbocycles. The Balaban J connectivity index is 1.78. The van der Waals surface area contributed by atoms with Crippen molar-refractivity contribution in [3.8, 4) is 5.75 Å². The Morgan fingerprint density at radius 3 is 2.24 bits per heavy atom. The summed E-state index contributed by atoms with van der Waals surface area (Å²) in [6, 6.07) is 16.0. The monoisotopic (exact) mass is 282 g/mol. The summed E-state index contributed by atoms with van der Waals surface area (Å²) in [5.74, 6) is 1.36. The van der Waals surface area contributed by atoms with Gasteiger partial charge in [-0.2, -0.15) is 0 Å². The third kappa shape index (κ3) is 3.45. The smallest absolute Gasteiger partial charge is 0.120 e. The van der Waals surface area contributed by atoms with Crippen LogP contribution in [0.3, 0.4) is 0 Å². The average Bonchev–Trinajstić information content (AvgIpc) is 3.31. The SMILES string of the molecule is CC(C)c1ccc(C(O)c2cccc(OC3CC3)c2)cc1. The van der Waals surface area contributed by atoms with Crippen molar-refractivity contribution in [2.75, 3.05) is 0 Å². The van der Waals surface area contributed by atoms with Gasteiger partial charge in [0.25, 0.3) is 0 Å². The Morgan fingerprint density at radius 2 is 1.62 bits per heavy atom. The quantitative estimate of drug-likeness (QED) is 0.879. The van der Waals surface area contributed by atoms with Gasteiger partial charge < -0.3 is 9.84 Å². The van der Waals surface area contributed by atoms with Gasteiger partial charge >= 0.3 is 0 Å². The molecule has 2 nitrogen and oxygen atoms in total. The van der Waals surface area contributed by atoms with Crippen LogP contribution in [0.4, 0.5) is 0 Å². The molecule has 2 heteroatoms. The van der Waals surface area contributed by atoms with Crippen molar-refractivity contribution in [1.82, 2.24) is 0 Å². The van der Waals surface area contributed by atoms with Crippen molar-refractivity contribution < 1.29 is 9.84 Å². The maximum absolute atomic E-state index is 10.5. The fraction of sp³-hybridized carbons (Fsp3) is 0.368. The summed E-state index contributed by atoms with van der Waals surface area (Å²) in [5, 5.41) is 10.5. The minimum absolute atomic E-state index is 0.378. The Labute approximate surface area is 126 Å². The van der Waals surface area contributed by atoms with Gasteiger partial charge in [-0.15, -0.1) is 0 Å². The maximum Gasteiger partial charge on any atom is 0.120 e. The third-order valence-electron chi connectivity index (χ3n) is 3.92. The van der Waals surface area contributed by atoms with E-state index >= 15 is 0 Å². The predicted molar refractivity (Wildman–Crippen MR) is 84.7 cm³/mol. The molecule has 2 aromatic carbocycles. The fourth-order valence-corrected chi connectivity index (χ4v) is 2.39. The Kier molecular flexibility index (Phi) is 3.98. The topological polar surface area (TPSA) is 29.5 Å². The van der Waals surface area contributed by atoms with Crippen molar-refractivity contribution in [2.24, 2.45) is 0 Å². The number of ether oxygens (including phenoxy) is 1. The van der Waals surface area contributed by atoms with Gasteiger partial charge in [-0.05, 0) is 47.6 Å². The second-order valence-electron chi connectivity index (χ2n) is 6.11. The number of hydrogen-bond acceptors (Lipinski definition) is 2. The van der Waals surface area contributed by atoms with Crippen LogP contribution in [-0.2, 0) is 0 Å². The van der Waals surface area contributed by atoms with E-state index in [4.69, 9.17) is 4.74 Å². The highest BCUT2D eigenvalue weighted by Gasteiger charge is 2.23. The number of hydrogen-bond donors (Lipinski definition) is 1. The normalized spacial score (nSPS) is 16.0. The summed E-state index contributed by atoms with van der Waals surface area (Å²) in [7, 11) is 0.